The Bertz CT molecular complexity index is 1380. The van der Waals surface area contributed by atoms with Gasteiger partial charge in [-0.1, -0.05) is 23.5 Å². The molecule has 166 valence electrons. The minimum absolute atomic E-state index is 0.200. The Morgan fingerprint density at radius 2 is 2.00 bits per heavy atom. The molecule has 0 radical (unpaired) electrons. The van der Waals surface area contributed by atoms with Crippen LogP contribution in [0, 0.1) is 0 Å². The highest BCUT2D eigenvalue weighted by Crippen LogP contribution is 2.31. The number of esters is 1. The molecule has 32 heavy (non-hydrogen) atoms. The predicted octanol–water partition coefficient (Wildman–Crippen LogP) is 1.69. The molecule has 1 atom stereocenters. The van der Waals surface area contributed by atoms with Gasteiger partial charge in [0.15, 0.2) is 4.80 Å². The van der Waals surface area contributed by atoms with Crippen LogP contribution in [-0.2, 0) is 16.1 Å². The third-order valence-electron chi connectivity index (χ3n) is 5.43. The number of aryl methyl sites for hydroxylation is 1. The fourth-order valence-electron chi connectivity index (χ4n) is 3.74. The van der Waals surface area contributed by atoms with E-state index in [1.807, 2.05) is 62.5 Å². The van der Waals surface area contributed by atoms with E-state index in [1.165, 1.54) is 18.4 Å². The van der Waals surface area contributed by atoms with Crippen molar-refractivity contribution in [3.63, 3.8) is 0 Å². The van der Waals surface area contributed by atoms with Gasteiger partial charge in [0.25, 0.3) is 5.56 Å². The summed E-state index contributed by atoms with van der Waals surface area (Å²) in [5.41, 5.74) is 3.39. The first-order valence-corrected chi connectivity index (χ1v) is 11.1. The summed E-state index contributed by atoms with van der Waals surface area (Å²) in [6.07, 6.45) is 5.43. The van der Waals surface area contributed by atoms with Gasteiger partial charge in [-0.3, -0.25) is 14.0 Å². The van der Waals surface area contributed by atoms with E-state index in [0.717, 1.165) is 23.4 Å². The van der Waals surface area contributed by atoms with Crippen LogP contribution in [-0.4, -0.2) is 41.5 Å². The zero-order valence-corrected chi connectivity index (χ0v) is 19.5. The van der Waals surface area contributed by atoms with Crippen LogP contribution >= 0.6 is 11.3 Å². The topological polar surface area (TPSA) is 81.7 Å². The first-order valence-electron chi connectivity index (χ1n) is 10.2. The molecule has 0 aliphatic carbocycles. The summed E-state index contributed by atoms with van der Waals surface area (Å²) in [6, 6.07) is 7.19. The van der Waals surface area contributed by atoms with Crippen molar-refractivity contribution in [1.29, 1.82) is 0 Å². The average molecular weight is 452 g/mol. The van der Waals surface area contributed by atoms with Crippen LogP contribution in [0.5, 0.6) is 0 Å². The molecule has 0 fully saturated rings. The van der Waals surface area contributed by atoms with Gasteiger partial charge in [-0.25, -0.2) is 9.79 Å². The van der Waals surface area contributed by atoms with Gasteiger partial charge >= 0.3 is 5.97 Å². The maximum Gasteiger partial charge on any atom is 0.338 e. The van der Waals surface area contributed by atoms with Crippen molar-refractivity contribution in [2.75, 3.05) is 26.1 Å². The number of anilines is 1. The monoisotopic (exact) mass is 451 g/mol. The summed E-state index contributed by atoms with van der Waals surface area (Å²) in [7, 11) is 5.26. The van der Waals surface area contributed by atoms with Crippen molar-refractivity contribution in [2.24, 2.45) is 4.99 Å². The third-order valence-corrected chi connectivity index (χ3v) is 6.41. The third kappa shape index (κ3) is 3.80. The number of carbonyl (C=O) groups is 1. The Kier molecular flexibility index (Phi) is 5.84. The highest BCUT2D eigenvalue weighted by molar-refractivity contribution is 7.07. The highest BCUT2D eigenvalue weighted by Gasteiger charge is 2.33. The molecule has 1 unspecified atom stereocenters. The van der Waals surface area contributed by atoms with Gasteiger partial charge in [-0.2, -0.15) is 5.10 Å². The Labute approximate surface area is 189 Å². The highest BCUT2D eigenvalue weighted by atomic mass is 32.1. The second kappa shape index (κ2) is 8.58. The number of nitrogens with zero attached hydrogens (tertiary/aromatic N) is 5. The summed E-state index contributed by atoms with van der Waals surface area (Å²) >= 11 is 1.30. The van der Waals surface area contributed by atoms with E-state index in [-0.39, 0.29) is 5.56 Å². The molecule has 1 aromatic carbocycles. The molecule has 8 nitrogen and oxygen atoms in total. The maximum absolute atomic E-state index is 13.5. The fourth-order valence-corrected chi connectivity index (χ4v) is 4.79. The standard InChI is InChI=1S/C23H25N5O3S/c1-6-27-13-15(12-24-27)11-18-21(29)28-20(16-7-9-17(10-8-16)26(3)4)19(22(30)31-5)14(2)25-23(28)32-18/h7-13,20H,6H2,1-5H3/b18-11+. The second-order valence-electron chi connectivity index (χ2n) is 7.69. The molecule has 0 N–H and O–H groups in total. The molecule has 3 heterocycles. The molecule has 0 spiro atoms. The van der Waals surface area contributed by atoms with Crippen LogP contribution in [0.15, 0.2) is 57.7 Å². The molecule has 0 saturated heterocycles. The SMILES string of the molecule is CCn1cc(/C=c2/sc3n(c2=O)C(c2ccc(N(C)C)cc2)C(C(=O)OC)=C(C)N=3)cn1. The van der Waals surface area contributed by atoms with Crippen molar-refractivity contribution in [3.8, 4) is 0 Å². The summed E-state index contributed by atoms with van der Waals surface area (Å²) in [4.78, 5) is 33.3. The first-order chi connectivity index (χ1) is 15.3. The fraction of sp³-hybridized carbons (Fsp3) is 0.304. The molecule has 0 saturated carbocycles. The number of rotatable bonds is 5. The number of allylic oxidation sites excluding steroid dienone is 1. The summed E-state index contributed by atoms with van der Waals surface area (Å²) in [5, 5.41) is 4.27. The number of carbonyl (C=O) groups excluding carboxylic acids is 1. The first kappa shape index (κ1) is 21.8. The molecule has 9 heteroatoms. The molecule has 0 bridgehead atoms. The quantitative estimate of drug-likeness (QED) is 0.552. The van der Waals surface area contributed by atoms with Gasteiger partial charge in [0, 0.05) is 38.1 Å². The summed E-state index contributed by atoms with van der Waals surface area (Å²) < 4.78 is 8.98. The van der Waals surface area contributed by atoms with E-state index < -0.39 is 12.0 Å². The van der Waals surface area contributed by atoms with E-state index in [1.54, 1.807) is 22.4 Å². The van der Waals surface area contributed by atoms with E-state index in [4.69, 9.17) is 4.74 Å². The van der Waals surface area contributed by atoms with E-state index in [2.05, 4.69) is 10.1 Å². The lowest BCUT2D eigenvalue weighted by Crippen LogP contribution is -2.39. The minimum Gasteiger partial charge on any atom is -0.466 e. The van der Waals surface area contributed by atoms with Crippen molar-refractivity contribution < 1.29 is 9.53 Å². The number of hydrogen-bond donors (Lipinski definition) is 0. The van der Waals surface area contributed by atoms with Crippen LogP contribution in [0.25, 0.3) is 6.08 Å². The van der Waals surface area contributed by atoms with E-state index in [9.17, 15) is 9.59 Å². The zero-order chi connectivity index (χ0) is 23.0. The molecule has 1 aliphatic heterocycles. The number of hydrogen-bond acceptors (Lipinski definition) is 7. The lowest BCUT2D eigenvalue weighted by atomic mass is 9.95. The van der Waals surface area contributed by atoms with E-state index >= 15 is 0 Å². The van der Waals surface area contributed by atoms with Gasteiger partial charge in [-0.05, 0) is 37.6 Å². The normalized spacial score (nSPS) is 16.0. The molecule has 1 aliphatic rings. The Hall–Kier alpha value is -3.46. The van der Waals surface area contributed by atoms with Gasteiger partial charge in [0.2, 0.25) is 0 Å². The molecule has 3 aromatic rings. The van der Waals surface area contributed by atoms with Gasteiger partial charge in [0.1, 0.15) is 0 Å². The number of methoxy groups -OCH3 is 1. The number of fused-ring (bicyclic) bond motifs is 1. The van der Waals surface area contributed by atoms with Crippen molar-refractivity contribution >= 4 is 29.1 Å². The van der Waals surface area contributed by atoms with E-state index in [0.29, 0.717) is 20.6 Å². The molecule has 0 amide bonds. The van der Waals surface area contributed by atoms with Crippen LogP contribution in [0.4, 0.5) is 5.69 Å². The number of ether oxygens (including phenoxy) is 1. The largest absolute Gasteiger partial charge is 0.466 e. The van der Waals surface area contributed by atoms with Gasteiger partial charge in [-0.15, -0.1) is 0 Å². The molecular weight excluding hydrogens is 426 g/mol. The Balaban J connectivity index is 1.92. The van der Waals surface area contributed by atoms with Crippen LogP contribution in [0.1, 0.15) is 31.0 Å². The van der Waals surface area contributed by atoms with Crippen molar-refractivity contribution in [2.45, 2.75) is 26.4 Å². The van der Waals surface area contributed by atoms with Gasteiger partial charge < -0.3 is 9.64 Å². The molecule has 2 aromatic heterocycles. The zero-order valence-electron chi connectivity index (χ0n) is 18.7. The molecule has 4 rings (SSSR count). The average Bonchev–Trinajstić information content (AvgIpc) is 3.36. The smallest absolute Gasteiger partial charge is 0.338 e. The second-order valence-corrected chi connectivity index (χ2v) is 8.70. The maximum atomic E-state index is 13.5. The number of benzene rings is 1. The lowest BCUT2D eigenvalue weighted by molar-refractivity contribution is -0.136. The number of thiazole rings is 1. The lowest BCUT2D eigenvalue weighted by Gasteiger charge is -2.25. The van der Waals surface area contributed by atoms with Crippen molar-refractivity contribution in [1.82, 2.24) is 14.3 Å². The van der Waals surface area contributed by atoms with Crippen molar-refractivity contribution in [3.05, 3.63) is 78.7 Å². The molecular formula is C23H25N5O3S. The van der Waals surface area contributed by atoms with Crippen LogP contribution < -0.4 is 19.8 Å². The Morgan fingerprint density at radius 1 is 1.28 bits per heavy atom. The van der Waals surface area contributed by atoms with Crippen LogP contribution in [0.2, 0.25) is 0 Å². The van der Waals surface area contributed by atoms with Crippen LogP contribution in [0.3, 0.4) is 0 Å². The Morgan fingerprint density at radius 3 is 2.59 bits per heavy atom. The summed E-state index contributed by atoms with van der Waals surface area (Å²) in [6.45, 7) is 4.53. The minimum atomic E-state index is -0.615. The number of aromatic nitrogens is 3. The van der Waals surface area contributed by atoms with Gasteiger partial charge in [0.05, 0.1) is 35.2 Å². The predicted molar refractivity (Wildman–Crippen MR) is 124 cm³/mol. The summed E-state index contributed by atoms with van der Waals surface area (Å²) in [5.74, 6) is -0.494.